The van der Waals surface area contributed by atoms with Crippen molar-refractivity contribution in [3.63, 3.8) is 0 Å². The Labute approximate surface area is 123 Å². The van der Waals surface area contributed by atoms with Crippen LogP contribution in [0.1, 0.15) is 5.56 Å². The highest BCUT2D eigenvalue weighted by Crippen LogP contribution is 2.21. The molecule has 1 aromatic carbocycles. The highest BCUT2D eigenvalue weighted by Gasteiger charge is 2.37. The molecule has 2 aliphatic rings. The largest absolute Gasteiger partial charge is 0.361 e. The van der Waals surface area contributed by atoms with E-state index < -0.39 is 0 Å². The summed E-state index contributed by atoms with van der Waals surface area (Å²) in [5, 5.41) is 4.63. The van der Waals surface area contributed by atoms with E-state index in [1.807, 2.05) is 15.9 Å². The van der Waals surface area contributed by atoms with Crippen LogP contribution in [0.25, 0.3) is 10.9 Å². The van der Waals surface area contributed by atoms with Crippen LogP contribution in [0.3, 0.4) is 0 Å². The summed E-state index contributed by atoms with van der Waals surface area (Å²) in [6.45, 7) is 4.34. The summed E-state index contributed by atoms with van der Waals surface area (Å²) in [5.74, 6) is 0. The van der Waals surface area contributed by atoms with Crippen LogP contribution in [0.2, 0.25) is 0 Å². The second-order valence-corrected chi connectivity index (χ2v) is 5.89. The number of benzene rings is 1. The number of hydrogen-bond donors (Lipinski definition) is 2. The molecule has 1 atom stereocenters. The van der Waals surface area contributed by atoms with Gasteiger partial charge in [-0.15, -0.1) is 0 Å². The first-order valence-electron chi connectivity index (χ1n) is 7.64. The van der Waals surface area contributed by atoms with Crippen LogP contribution in [0.4, 0.5) is 4.79 Å². The fraction of sp³-hybridized carbons (Fsp3) is 0.438. The van der Waals surface area contributed by atoms with Crippen LogP contribution in [0, 0.1) is 0 Å². The van der Waals surface area contributed by atoms with Crippen molar-refractivity contribution in [2.24, 2.45) is 0 Å². The van der Waals surface area contributed by atoms with Gasteiger partial charge in [-0.05, 0) is 18.1 Å². The molecule has 1 aromatic heterocycles. The van der Waals surface area contributed by atoms with Crippen LogP contribution < -0.4 is 5.32 Å². The number of para-hydroxylation sites is 1. The lowest BCUT2D eigenvalue weighted by Gasteiger charge is -2.28. The molecule has 21 heavy (non-hydrogen) atoms. The first-order valence-corrected chi connectivity index (χ1v) is 7.64. The number of hydrogen-bond acceptors (Lipinski definition) is 2. The molecule has 3 heterocycles. The molecule has 2 fully saturated rings. The van der Waals surface area contributed by atoms with Gasteiger partial charge in [-0.25, -0.2) is 4.79 Å². The van der Waals surface area contributed by atoms with Gasteiger partial charge in [-0.2, -0.15) is 0 Å². The molecule has 2 amide bonds. The number of carbonyl (C=O) groups excluding carboxylic acids is 1. The summed E-state index contributed by atoms with van der Waals surface area (Å²) in [6, 6.07) is 8.89. The number of rotatable bonds is 3. The van der Waals surface area contributed by atoms with Crippen molar-refractivity contribution in [3.05, 3.63) is 36.0 Å². The van der Waals surface area contributed by atoms with Crippen molar-refractivity contribution < 1.29 is 4.79 Å². The molecule has 110 valence electrons. The molecular formula is C16H20N4O. The van der Waals surface area contributed by atoms with E-state index in [1.54, 1.807) is 0 Å². The van der Waals surface area contributed by atoms with Crippen molar-refractivity contribution >= 4 is 16.9 Å². The van der Waals surface area contributed by atoms with E-state index in [-0.39, 0.29) is 6.03 Å². The third-order valence-electron chi connectivity index (χ3n) is 4.62. The number of piperazine rings is 1. The van der Waals surface area contributed by atoms with Gasteiger partial charge in [0, 0.05) is 49.8 Å². The fourth-order valence-corrected chi connectivity index (χ4v) is 3.47. The van der Waals surface area contributed by atoms with E-state index in [0.29, 0.717) is 6.04 Å². The molecule has 2 aliphatic heterocycles. The van der Waals surface area contributed by atoms with Gasteiger partial charge in [-0.1, -0.05) is 18.2 Å². The number of amides is 2. The molecular weight excluding hydrogens is 264 g/mol. The van der Waals surface area contributed by atoms with Gasteiger partial charge in [0.15, 0.2) is 0 Å². The van der Waals surface area contributed by atoms with Gasteiger partial charge >= 0.3 is 6.03 Å². The molecule has 0 spiro atoms. The molecule has 0 unspecified atom stereocenters. The van der Waals surface area contributed by atoms with Gasteiger partial charge in [0.2, 0.25) is 0 Å². The molecule has 5 heteroatoms. The Morgan fingerprint density at radius 1 is 1.29 bits per heavy atom. The summed E-state index contributed by atoms with van der Waals surface area (Å²) in [7, 11) is 0. The van der Waals surface area contributed by atoms with Crippen LogP contribution >= 0.6 is 0 Å². The first-order chi connectivity index (χ1) is 10.3. The SMILES string of the molecule is O=C1N(CCc2c[nH]c3ccccc23)C[C@@H]2CNCCN12. The van der Waals surface area contributed by atoms with E-state index in [0.717, 1.165) is 39.1 Å². The summed E-state index contributed by atoms with van der Waals surface area (Å²) in [5.41, 5.74) is 2.46. The maximum Gasteiger partial charge on any atom is 0.320 e. The van der Waals surface area contributed by atoms with Crippen molar-refractivity contribution in [3.8, 4) is 0 Å². The highest BCUT2D eigenvalue weighted by atomic mass is 16.2. The molecule has 2 saturated heterocycles. The van der Waals surface area contributed by atoms with Crippen molar-refractivity contribution in [2.75, 3.05) is 32.7 Å². The quantitative estimate of drug-likeness (QED) is 0.895. The lowest BCUT2D eigenvalue weighted by molar-refractivity contribution is 0.179. The van der Waals surface area contributed by atoms with Gasteiger partial charge in [0.25, 0.3) is 0 Å². The fourth-order valence-electron chi connectivity index (χ4n) is 3.47. The zero-order valence-electron chi connectivity index (χ0n) is 12.0. The summed E-state index contributed by atoms with van der Waals surface area (Å²) < 4.78 is 0. The van der Waals surface area contributed by atoms with E-state index in [4.69, 9.17) is 0 Å². The van der Waals surface area contributed by atoms with Crippen molar-refractivity contribution in [1.82, 2.24) is 20.1 Å². The number of nitrogens with zero attached hydrogens (tertiary/aromatic N) is 2. The highest BCUT2D eigenvalue weighted by molar-refractivity contribution is 5.83. The maximum atomic E-state index is 12.4. The molecule has 0 bridgehead atoms. The monoisotopic (exact) mass is 284 g/mol. The summed E-state index contributed by atoms with van der Waals surface area (Å²) in [4.78, 5) is 19.7. The number of nitrogens with one attached hydrogen (secondary N) is 2. The lowest BCUT2D eigenvalue weighted by atomic mass is 10.1. The molecule has 4 rings (SSSR count). The van der Waals surface area contributed by atoms with Crippen LogP contribution in [0.15, 0.2) is 30.5 Å². The molecule has 0 aliphatic carbocycles. The summed E-state index contributed by atoms with van der Waals surface area (Å²) in [6.07, 6.45) is 2.98. The maximum absolute atomic E-state index is 12.4. The van der Waals surface area contributed by atoms with E-state index in [2.05, 4.69) is 34.7 Å². The molecule has 5 nitrogen and oxygen atoms in total. The van der Waals surface area contributed by atoms with Crippen LogP contribution in [-0.4, -0.2) is 59.6 Å². The predicted octanol–water partition coefficient (Wildman–Crippen LogP) is 1.42. The van der Waals surface area contributed by atoms with Gasteiger partial charge in [0.05, 0.1) is 6.04 Å². The second kappa shape index (κ2) is 5.07. The topological polar surface area (TPSA) is 51.4 Å². The van der Waals surface area contributed by atoms with Crippen molar-refractivity contribution in [1.29, 1.82) is 0 Å². The van der Waals surface area contributed by atoms with Crippen LogP contribution in [-0.2, 0) is 6.42 Å². The number of carbonyl (C=O) groups is 1. The zero-order valence-corrected chi connectivity index (χ0v) is 12.0. The average molecular weight is 284 g/mol. The van der Waals surface area contributed by atoms with E-state index >= 15 is 0 Å². The van der Waals surface area contributed by atoms with Crippen molar-refractivity contribution in [2.45, 2.75) is 12.5 Å². The third kappa shape index (κ3) is 2.17. The van der Waals surface area contributed by atoms with Gasteiger partial charge in [0.1, 0.15) is 0 Å². The zero-order chi connectivity index (χ0) is 14.2. The number of fused-ring (bicyclic) bond motifs is 2. The van der Waals surface area contributed by atoms with Crippen LogP contribution in [0.5, 0.6) is 0 Å². The Balaban J connectivity index is 1.46. The lowest BCUT2D eigenvalue weighted by Crippen LogP contribution is -2.49. The standard InChI is InChI=1S/C16H20N4O/c21-16-19(11-13-10-17-6-8-20(13)16)7-5-12-9-18-15-4-2-1-3-14(12)15/h1-4,9,13,17-18H,5-8,10-11H2/t13-/m0/s1. The summed E-state index contributed by atoms with van der Waals surface area (Å²) >= 11 is 0. The second-order valence-electron chi connectivity index (χ2n) is 5.89. The Morgan fingerprint density at radius 3 is 3.10 bits per heavy atom. The Kier molecular flexibility index (Phi) is 3.07. The predicted molar refractivity (Wildman–Crippen MR) is 82.3 cm³/mol. The minimum Gasteiger partial charge on any atom is -0.361 e. The molecule has 2 N–H and O–H groups in total. The molecule has 0 radical (unpaired) electrons. The minimum absolute atomic E-state index is 0.210. The third-order valence-corrected chi connectivity index (χ3v) is 4.62. The van der Waals surface area contributed by atoms with Gasteiger partial charge in [-0.3, -0.25) is 0 Å². The molecule has 2 aromatic rings. The smallest absolute Gasteiger partial charge is 0.320 e. The number of urea groups is 1. The normalized spacial score (nSPS) is 22.1. The first kappa shape index (κ1) is 12.7. The average Bonchev–Trinajstić information content (AvgIpc) is 3.07. The van der Waals surface area contributed by atoms with E-state index in [1.165, 1.54) is 16.5 Å². The number of H-pyrrole nitrogens is 1. The number of aromatic nitrogens is 1. The minimum atomic E-state index is 0.210. The number of aromatic amines is 1. The Bertz CT molecular complexity index is 665. The molecule has 0 saturated carbocycles. The van der Waals surface area contributed by atoms with Gasteiger partial charge < -0.3 is 20.1 Å². The Hall–Kier alpha value is -2.01. The van der Waals surface area contributed by atoms with E-state index in [9.17, 15) is 4.79 Å². The Morgan fingerprint density at radius 2 is 2.19 bits per heavy atom.